The van der Waals surface area contributed by atoms with E-state index in [0.717, 1.165) is 11.6 Å². The third kappa shape index (κ3) is 6.64. The van der Waals surface area contributed by atoms with Gasteiger partial charge in [-0.3, -0.25) is 9.79 Å². The van der Waals surface area contributed by atoms with Gasteiger partial charge in [0.2, 0.25) is 16.2 Å². The fraction of sp³-hybridized carbons (Fsp3) is 0.174. The van der Waals surface area contributed by atoms with Crippen molar-refractivity contribution in [3.05, 3.63) is 89.6 Å². The molecule has 3 N–H and O–H groups in total. The van der Waals surface area contributed by atoms with Gasteiger partial charge in [0.05, 0.1) is 11.4 Å². The Kier molecular flexibility index (Phi) is 8.55. The summed E-state index contributed by atoms with van der Waals surface area (Å²) in [5.41, 5.74) is 1.45. The molecule has 0 saturated heterocycles. The van der Waals surface area contributed by atoms with Crippen LogP contribution in [0, 0.1) is 12.6 Å². The maximum absolute atomic E-state index is 14.0. The van der Waals surface area contributed by atoms with E-state index >= 15 is 0 Å². The van der Waals surface area contributed by atoms with Gasteiger partial charge in [-0.1, -0.05) is 19.2 Å². The first-order valence-electron chi connectivity index (χ1n) is 10.4. The molecule has 2 aliphatic rings. The highest BCUT2D eigenvalue weighted by molar-refractivity contribution is 7.93. The molecule has 0 bridgehead atoms. The number of sulfonamides is 1. The lowest BCUT2D eigenvalue weighted by Crippen LogP contribution is -2.28. The maximum Gasteiger partial charge on any atom is 0.251 e. The minimum Gasteiger partial charge on any atom is -0.378 e. The lowest BCUT2D eigenvalue weighted by atomic mass is 10.1. The van der Waals surface area contributed by atoms with Gasteiger partial charge in [-0.05, 0) is 43.0 Å². The van der Waals surface area contributed by atoms with Crippen LogP contribution in [0.2, 0.25) is 0 Å². The summed E-state index contributed by atoms with van der Waals surface area (Å²) in [6.07, 6.45) is 6.91. The molecule has 2 radical (unpaired) electrons. The minimum atomic E-state index is -3.99. The van der Waals surface area contributed by atoms with Crippen molar-refractivity contribution >= 4 is 33.7 Å². The van der Waals surface area contributed by atoms with Crippen molar-refractivity contribution in [1.29, 1.82) is 0 Å². The number of rotatable bonds is 11. The molecule has 0 spiro atoms. The Bertz CT molecular complexity index is 1280. The predicted molar refractivity (Wildman–Crippen MR) is 134 cm³/mol. The van der Waals surface area contributed by atoms with Crippen molar-refractivity contribution in [2.75, 3.05) is 32.0 Å². The number of dihydropyridines is 1. The second-order valence-corrected chi connectivity index (χ2v) is 9.02. The number of benzene rings is 1. The molecule has 2 aliphatic heterocycles. The smallest absolute Gasteiger partial charge is 0.251 e. The molecular formula is C23H24FN7O3S. The summed E-state index contributed by atoms with van der Waals surface area (Å²) in [6.45, 7) is 7.03. The zero-order valence-corrected chi connectivity index (χ0v) is 19.8. The first-order valence-corrected chi connectivity index (χ1v) is 11.9. The number of hydrogen-bond donors (Lipinski definition) is 3. The normalized spacial score (nSPS) is 16.3. The first-order chi connectivity index (χ1) is 16.7. The van der Waals surface area contributed by atoms with Crippen molar-refractivity contribution < 1.29 is 17.6 Å². The zero-order chi connectivity index (χ0) is 25.4. The molecule has 3 rings (SSSR count). The molecule has 12 heteroatoms. The van der Waals surface area contributed by atoms with Crippen molar-refractivity contribution in [2.24, 2.45) is 20.2 Å². The number of carbonyl (C=O) groups is 1. The minimum absolute atomic E-state index is 0.276. The topological polar surface area (TPSA) is 137 Å². The number of amidine groups is 1. The van der Waals surface area contributed by atoms with E-state index in [1.165, 1.54) is 7.05 Å². The third-order valence-electron chi connectivity index (χ3n) is 4.90. The van der Waals surface area contributed by atoms with E-state index in [9.17, 15) is 17.6 Å². The first kappa shape index (κ1) is 25.8. The molecule has 35 heavy (non-hydrogen) atoms. The molecular weight excluding hydrogens is 473 g/mol. The molecule has 1 aromatic rings. The Morgan fingerprint density at radius 3 is 2.74 bits per heavy atom. The van der Waals surface area contributed by atoms with E-state index in [-0.39, 0.29) is 17.7 Å². The number of hydrogen-bond acceptors (Lipinski definition) is 8. The van der Waals surface area contributed by atoms with Crippen LogP contribution < -0.4 is 15.4 Å². The SMILES string of the molecule is C=C/C(=C(/CNC(=O)c1cccc(NCC2=N[C](C3=CC=NC[CH]3)N=N2)c1)C(=C)F)S(=O)(=O)NC. The van der Waals surface area contributed by atoms with Crippen LogP contribution in [0.4, 0.5) is 10.1 Å². The zero-order valence-electron chi connectivity index (χ0n) is 19.0. The highest BCUT2D eigenvalue weighted by atomic mass is 32.2. The van der Waals surface area contributed by atoms with Crippen LogP contribution in [0.5, 0.6) is 0 Å². The molecule has 0 fully saturated rings. The summed E-state index contributed by atoms with van der Waals surface area (Å²) in [5, 5.41) is 13.8. The van der Waals surface area contributed by atoms with Gasteiger partial charge >= 0.3 is 0 Å². The molecule has 10 nitrogen and oxygen atoms in total. The van der Waals surface area contributed by atoms with Crippen molar-refractivity contribution in [1.82, 2.24) is 10.0 Å². The number of amides is 1. The number of nitrogens with one attached hydrogen (secondary N) is 3. The number of carbonyl (C=O) groups excluding carboxylic acids is 1. The van der Waals surface area contributed by atoms with Crippen LogP contribution in [0.15, 0.2) is 91.7 Å². The third-order valence-corrected chi connectivity index (χ3v) is 6.43. The monoisotopic (exact) mass is 497 g/mol. The molecule has 0 aliphatic carbocycles. The van der Waals surface area contributed by atoms with Gasteiger partial charge < -0.3 is 10.6 Å². The molecule has 0 atom stereocenters. The highest BCUT2D eigenvalue weighted by Gasteiger charge is 2.22. The molecule has 2 heterocycles. The number of halogens is 1. The second-order valence-electron chi connectivity index (χ2n) is 7.17. The average Bonchev–Trinajstić information content (AvgIpc) is 3.34. The summed E-state index contributed by atoms with van der Waals surface area (Å²) in [4.78, 5) is 20.7. The van der Waals surface area contributed by atoms with Gasteiger partial charge in [0.25, 0.3) is 5.91 Å². The molecule has 1 aromatic carbocycles. The number of anilines is 1. The van der Waals surface area contributed by atoms with Gasteiger partial charge in [0.1, 0.15) is 5.83 Å². The van der Waals surface area contributed by atoms with Crippen LogP contribution in [-0.4, -0.2) is 53.1 Å². The van der Waals surface area contributed by atoms with Gasteiger partial charge in [-0.25, -0.2) is 22.5 Å². The molecule has 1 amide bonds. The summed E-state index contributed by atoms with van der Waals surface area (Å²) >= 11 is 0. The van der Waals surface area contributed by atoms with Gasteiger partial charge in [0, 0.05) is 42.5 Å². The number of aliphatic imine (C=N–C) groups is 2. The van der Waals surface area contributed by atoms with Crippen LogP contribution in [-0.2, 0) is 10.0 Å². The van der Waals surface area contributed by atoms with E-state index in [1.54, 1.807) is 30.5 Å². The van der Waals surface area contributed by atoms with E-state index in [1.807, 2.05) is 12.5 Å². The molecule has 0 aromatic heterocycles. The molecule has 182 valence electrons. The Balaban J connectivity index is 1.64. The van der Waals surface area contributed by atoms with Crippen LogP contribution in [0.3, 0.4) is 0 Å². The van der Waals surface area contributed by atoms with Crippen LogP contribution >= 0.6 is 0 Å². The summed E-state index contributed by atoms with van der Waals surface area (Å²) in [6, 6.07) is 6.58. The molecule has 0 saturated carbocycles. The maximum atomic E-state index is 14.0. The van der Waals surface area contributed by atoms with E-state index in [4.69, 9.17) is 0 Å². The summed E-state index contributed by atoms with van der Waals surface area (Å²) < 4.78 is 40.3. The largest absolute Gasteiger partial charge is 0.378 e. The van der Waals surface area contributed by atoms with E-state index in [0.29, 0.717) is 24.2 Å². The Morgan fingerprint density at radius 1 is 1.29 bits per heavy atom. The summed E-state index contributed by atoms with van der Waals surface area (Å²) in [7, 11) is -2.81. The fourth-order valence-electron chi connectivity index (χ4n) is 3.09. The number of nitrogens with zero attached hydrogens (tertiary/aromatic N) is 4. The van der Waals surface area contributed by atoms with Gasteiger partial charge in [-0.15, -0.1) is 10.2 Å². The van der Waals surface area contributed by atoms with Gasteiger partial charge in [-0.2, -0.15) is 0 Å². The van der Waals surface area contributed by atoms with Crippen LogP contribution in [0.25, 0.3) is 0 Å². The predicted octanol–water partition coefficient (Wildman–Crippen LogP) is 2.87. The van der Waals surface area contributed by atoms with Crippen molar-refractivity contribution in [3.63, 3.8) is 0 Å². The summed E-state index contributed by atoms with van der Waals surface area (Å²) in [5.74, 6) is -1.05. The Morgan fingerprint density at radius 2 is 2.09 bits per heavy atom. The standard InChI is InChI=1S/C23H24FN7O3S/c1-4-20(35(33,34)25-3)19(15(2)24)13-28-23(32)17-6-5-7-18(12-17)27-14-21-29-22(31-30-21)16-8-10-26-11-9-16/h4-10,12,25,27H,1-2,11,13-14H2,3H3,(H,28,32)/b20-19+. The molecule has 0 unspecified atom stereocenters. The van der Waals surface area contributed by atoms with E-state index < -0.39 is 33.2 Å². The number of allylic oxidation sites excluding steroid dienone is 2. The Hall–Kier alpha value is -3.77. The Labute approximate surface area is 203 Å². The van der Waals surface area contributed by atoms with E-state index in [2.05, 4.69) is 48.7 Å². The quantitative estimate of drug-likeness (QED) is 0.405. The van der Waals surface area contributed by atoms with Crippen LogP contribution in [0.1, 0.15) is 10.4 Å². The van der Waals surface area contributed by atoms with Gasteiger partial charge in [0.15, 0.2) is 5.84 Å². The fourth-order valence-corrected chi connectivity index (χ4v) is 4.04. The average molecular weight is 498 g/mol. The highest BCUT2D eigenvalue weighted by Crippen LogP contribution is 2.26. The number of azo groups is 1. The second kappa shape index (κ2) is 11.6. The van der Waals surface area contributed by atoms with Crippen molar-refractivity contribution in [3.8, 4) is 0 Å². The van der Waals surface area contributed by atoms with Crippen molar-refractivity contribution in [2.45, 2.75) is 0 Å². The lowest BCUT2D eigenvalue weighted by Gasteiger charge is -2.13. The lowest BCUT2D eigenvalue weighted by molar-refractivity contribution is 0.0957.